The molecule has 8 nitrogen and oxygen atoms in total. The SMILES string of the molecule is CCOC(=O)c1cn(C2CC2)c2c(F)c(C3C(=O)OC(C)(C)OC3=O)c(F)cc2c1=O. The number of hydrogen-bond acceptors (Lipinski definition) is 7. The summed E-state index contributed by atoms with van der Waals surface area (Å²) in [6.07, 6.45) is 2.47. The molecule has 0 spiro atoms. The lowest BCUT2D eigenvalue weighted by molar-refractivity contribution is -0.234. The fourth-order valence-electron chi connectivity index (χ4n) is 3.67. The van der Waals surface area contributed by atoms with E-state index in [1.165, 1.54) is 24.6 Å². The van der Waals surface area contributed by atoms with E-state index in [-0.39, 0.29) is 23.7 Å². The van der Waals surface area contributed by atoms with Crippen molar-refractivity contribution in [3.8, 4) is 0 Å². The van der Waals surface area contributed by atoms with Crippen LogP contribution in [0.2, 0.25) is 0 Å². The van der Waals surface area contributed by atoms with Crippen molar-refractivity contribution in [1.82, 2.24) is 4.57 Å². The molecule has 1 aliphatic carbocycles. The van der Waals surface area contributed by atoms with Crippen LogP contribution in [0.3, 0.4) is 0 Å². The number of benzene rings is 1. The van der Waals surface area contributed by atoms with Gasteiger partial charge in [-0.2, -0.15) is 0 Å². The van der Waals surface area contributed by atoms with Crippen molar-refractivity contribution in [3.05, 3.63) is 45.2 Å². The molecule has 1 saturated carbocycles. The first-order chi connectivity index (χ1) is 14.6. The highest BCUT2D eigenvalue weighted by Crippen LogP contribution is 2.40. The molecule has 0 N–H and O–H groups in total. The summed E-state index contributed by atoms with van der Waals surface area (Å²) in [4.78, 5) is 49.8. The Balaban J connectivity index is 1.97. The Morgan fingerprint density at radius 3 is 2.35 bits per heavy atom. The van der Waals surface area contributed by atoms with Gasteiger partial charge in [-0.1, -0.05) is 0 Å². The summed E-state index contributed by atoms with van der Waals surface area (Å²) >= 11 is 0. The maximum Gasteiger partial charge on any atom is 0.343 e. The van der Waals surface area contributed by atoms with Crippen LogP contribution in [0, 0.1) is 11.6 Å². The van der Waals surface area contributed by atoms with Gasteiger partial charge in [0.25, 0.3) is 5.79 Å². The van der Waals surface area contributed by atoms with E-state index in [1.807, 2.05) is 0 Å². The van der Waals surface area contributed by atoms with E-state index in [9.17, 15) is 23.6 Å². The Morgan fingerprint density at radius 1 is 1.19 bits per heavy atom. The van der Waals surface area contributed by atoms with Gasteiger partial charge in [-0.3, -0.25) is 14.4 Å². The van der Waals surface area contributed by atoms with Crippen molar-refractivity contribution in [3.63, 3.8) is 0 Å². The van der Waals surface area contributed by atoms with Crippen molar-refractivity contribution in [2.24, 2.45) is 0 Å². The molecule has 31 heavy (non-hydrogen) atoms. The van der Waals surface area contributed by atoms with Gasteiger partial charge in [-0.25, -0.2) is 13.6 Å². The van der Waals surface area contributed by atoms with Crippen LogP contribution in [0.15, 0.2) is 17.1 Å². The molecule has 0 unspecified atom stereocenters. The first-order valence-electron chi connectivity index (χ1n) is 9.75. The number of cyclic esters (lactones) is 2. The third-order valence-electron chi connectivity index (χ3n) is 5.13. The lowest BCUT2D eigenvalue weighted by Gasteiger charge is -2.33. The van der Waals surface area contributed by atoms with Gasteiger partial charge in [0.1, 0.15) is 11.4 Å². The molecule has 0 bridgehead atoms. The predicted molar refractivity (Wildman–Crippen MR) is 101 cm³/mol. The summed E-state index contributed by atoms with van der Waals surface area (Å²) in [6.45, 7) is 4.21. The Kier molecular flexibility index (Phi) is 4.83. The predicted octanol–water partition coefficient (Wildman–Crippen LogP) is 2.71. The molecule has 2 fully saturated rings. The minimum atomic E-state index is -1.98. The molecule has 0 atom stereocenters. The van der Waals surface area contributed by atoms with Crippen LogP contribution in [-0.4, -0.2) is 34.9 Å². The minimum Gasteiger partial charge on any atom is -0.462 e. The van der Waals surface area contributed by atoms with E-state index < -0.39 is 57.6 Å². The van der Waals surface area contributed by atoms with Crippen molar-refractivity contribution >= 4 is 28.8 Å². The van der Waals surface area contributed by atoms with E-state index in [0.717, 1.165) is 6.07 Å². The van der Waals surface area contributed by atoms with Crippen LogP contribution in [0.1, 0.15) is 61.5 Å². The molecule has 2 heterocycles. The maximum absolute atomic E-state index is 15.6. The minimum absolute atomic E-state index is 0.0175. The van der Waals surface area contributed by atoms with Crippen LogP contribution in [0.25, 0.3) is 10.9 Å². The fourth-order valence-corrected chi connectivity index (χ4v) is 3.67. The largest absolute Gasteiger partial charge is 0.462 e. The number of ether oxygens (including phenoxy) is 3. The number of rotatable bonds is 4. The third kappa shape index (κ3) is 3.45. The van der Waals surface area contributed by atoms with Crippen molar-refractivity contribution in [2.75, 3.05) is 6.61 Å². The van der Waals surface area contributed by atoms with Gasteiger partial charge in [0.05, 0.1) is 23.1 Å². The second-order valence-corrected chi connectivity index (χ2v) is 7.89. The zero-order chi connectivity index (χ0) is 22.7. The maximum atomic E-state index is 15.6. The first-order valence-corrected chi connectivity index (χ1v) is 9.75. The Bertz CT molecular complexity index is 1180. The van der Waals surface area contributed by atoms with Crippen LogP contribution in [-0.2, 0) is 23.8 Å². The van der Waals surface area contributed by atoms with Crippen molar-refractivity contribution in [1.29, 1.82) is 0 Å². The highest BCUT2D eigenvalue weighted by Gasteiger charge is 2.47. The van der Waals surface area contributed by atoms with Gasteiger partial charge in [0, 0.05) is 26.1 Å². The molecule has 2 aromatic rings. The third-order valence-corrected chi connectivity index (χ3v) is 5.13. The monoisotopic (exact) mass is 435 g/mol. The lowest BCUT2D eigenvalue weighted by atomic mass is 9.94. The second-order valence-electron chi connectivity index (χ2n) is 7.89. The number of hydrogen-bond donors (Lipinski definition) is 0. The average Bonchev–Trinajstić information content (AvgIpc) is 3.49. The first kappa shape index (κ1) is 21.0. The molecule has 10 heteroatoms. The van der Waals surface area contributed by atoms with Crippen LogP contribution >= 0.6 is 0 Å². The van der Waals surface area contributed by atoms with E-state index in [4.69, 9.17) is 14.2 Å². The van der Waals surface area contributed by atoms with Crippen molar-refractivity contribution < 1.29 is 37.4 Å². The molecule has 0 radical (unpaired) electrons. The number of esters is 3. The standard InChI is InChI=1S/C21H19F2NO7/c1-4-29-18(26)11-8-24(9-5-6-9)16-10(17(11)25)7-12(22)13(15(16)23)14-19(27)30-21(2,3)31-20(14)28/h7-9,14H,4-6H2,1-3H3. The second kappa shape index (κ2) is 7.14. The number of pyridine rings is 1. The lowest BCUT2D eigenvalue weighted by Crippen LogP contribution is -2.45. The normalized spacial score (nSPS) is 18.6. The molecule has 1 aliphatic heterocycles. The number of halogens is 2. The topological polar surface area (TPSA) is 101 Å². The molecular weight excluding hydrogens is 416 g/mol. The molecule has 164 valence electrons. The molecule has 0 amide bonds. The fraction of sp³-hybridized carbons (Fsp3) is 0.429. The smallest absolute Gasteiger partial charge is 0.343 e. The molecule has 4 rings (SSSR count). The number of nitrogens with zero attached hydrogens (tertiary/aromatic N) is 1. The highest BCUT2D eigenvalue weighted by atomic mass is 19.1. The van der Waals surface area contributed by atoms with E-state index in [1.54, 1.807) is 6.92 Å². The average molecular weight is 435 g/mol. The van der Waals surface area contributed by atoms with Crippen molar-refractivity contribution in [2.45, 2.75) is 51.4 Å². The van der Waals surface area contributed by atoms with Crippen LogP contribution in [0.5, 0.6) is 0 Å². The number of carbonyl (C=O) groups is 3. The van der Waals surface area contributed by atoms with Crippen LogP contribution < -0.4 is 5.43 Å². The summed E-state index contributed by atoms with van der Waals surface area (Å²) in [5.74, 6) is -9.35. The van der Waals surface area contributed by atoms with E-state index in [0.29, 0.717) is 12.8 Å². The highest BCUT2D eigenvalue weighted by molar-refractivity contribution is 6.03. The summed E-state index contributed by atoms with van der Waals surface area (Å²) in [7, 11) is 0. The molecule has 1 aromatic heterocycles. The number of carbonyl (C=O) groups excluding carboxylic acids is 3. The number of fused-ring (bicyclic) bond motifs is 1. The van der Waals surface area contributed by atoms with E-state index in [2.05, 4.69) is 0 Å². The number of aromatic nitrogens is 1. The van der Waals surface area contributed by atoms with Crippen LogP contribution in [0.4, 0.5) is 8.78 Å². The van der Waals surface area contributed by atoms with Gasteiger partial charge in [0.15, 0.2) is 11.7 Å². The Morgan fingerprint density at radius 2 is 1.81 bits per heavy atom. The Hall–Kier alpha value is -3.30. The summed E-state index contributed by atoms with van der Waals surface area (Å²) in [5, 5.41) is -0.394. The molecule has 1 aromatic carbocycles. The molecule has 2 aliphatic rings. The summed E-state index contributed by atoms with van der Waals surface area (Å²) in [6, 6.07) is 0.492. The van der Waals surface area contributed by atoms with Gasteiger partial charge < -0.3 is 18.8 Å². The van der Waals surface area contributed by atoms with E-state index >= 15 is 4.39 Å². The molecule has 1 saturated heterocycles. The van der Waals surface area contributed by atoms with Gasteiger partial charge in [-0.05, 0) is 25.8 Å². The Labute approximate surface area is 174 Å². The quantitative estimate of drug-likeness (QED) is 0.538. The summed E-state index contributed by atoms with van der Waals surface area (Å²) in [5.41, 5.74) is -2.44. The van der Waals surface area contributed by atoms with Gasteiger partial charge in [0.2, 0.25) is 5.43 Å². The zero-order valence-electron chi connectivity index (χ0n) is 17.0. The molecular formula is C21H19F2NO7. The summed E-state index contributed by atoms with van der Waals surface area (Å²) < 4.78 is 46.8. The zero-order valence-corrected chi connectivity index (χ0v) is 17.0. The van der Waals surface area contributed by atoms with Gasteiger partial charge in [-0.15, -0.1) is 0 Å². The van der Waals surface area contributed by atoms with Gasteiger partial charge >= 0.3 is 17.9 Å².